The van der Waals surface area contributed by atoms with Gasteiger partial charge in [-0.15, -0.1) is 0 Å². The number of amides is 1. The van der Waals surface area contributed by atoms with E-state index in [2.05, 4.69) is 10.5 Å². The van der Waals surface area contributed by atoms with Crippen molar-refractivity contribution in [2.75, 3.05) is 0 Å². The third-order valence-corrected chi connectivity index (χ3v) is 4.83. The molecule has 1 amide bonds. The summed E-state index contributed by atoms with van der Waals surface area (Å²) in [6.07, 6.45) is 1.12. The molecule has 0 aliphatic carbocycles. The van der Waals surface area contributed by atoms with Crippen molar-refractivity contribution in [2.24, 2.45) is 5.10 Å². The molecular weight excluding hydrogens is 481 g/mol. The molecule has 32 heavy (non-hydrogen) atoms. The molecule has 11 heteroatoms. The average Bonchev–Trinajstić information content (AvgIpc) is 2.74. The fourth-order valence-electron chi connectivity index (χ4n) is 2.48. The van der Waals surface area contributed by atoms with Crippen LogP contribution in [-0.4, -0.2) is 23.0 Å². The van der Waals surface area contributed by atoms with Gasteiger partial charge in [-0.3, -0.25) is 14.9 Å². The Bertz CT molecular complexity index is 1230. The van der Waals surface area contributed by atoms with E-state index in [1.807, 2.05) is 0 Å². The van der Waals surface area contributed by atoms with Crippen LogP contribution in [0.2, 0.25) is 15.1 Å². The Morgan fingerprint density at radius 2 is 1.66 bits per heavy atom. The van der Waals surface area contributed by atoms with Crippen molar-refractivity contribution in [3.8, 4) is 5.75 Å². The molecule has 0 aromatic heterocycles. The number of carbonyl (C=O) groups excluding carboxylic acids is 2. The summed E-state index contributed by atoms with van der Waals surface area (Å²) < 4.78 is 5.33. The first-order valence-corrected chi connectivity index (χ1v) is 9.92. The Balaban J connectivity index is 1.83. The van der Waals surface area contributed by atoms with Crippen LogP contribution < -0.4 is 10.2 Å². The highest BCUT2D eigenvalue weighted by Crippen LogP contribution is 2.26. The molecule has 0 aliphatic heterocycles. The van der Waals surface area contributed by atoms with Crippen LogP contribution in [0.3, 0.4) is 0 Å². The van der Waals surface area contributed by atoms with E-state index in [0.29, 0.717) is 15.6 Å². The van der Waals surface area contributed by atoms with Gasteiger partial charge >= 0.3 is 5.97 Å². The van der Waals surface area contributed by atoms with Crippen LogP contribution in [0.4, 0.5) is 5.69 Å². The zero-order valence-electron chi connectivity index (χ0n) is 15.9. The fourth-order valence-corrected chi connectivity index (χ4v) is 3.09. The Morgan fingerprint density at radius 3 is 2.31 bits per heavy atom. The molecule has 0 radical (unpaired) electrons. The number of esters is 1. The predicted molar refractivity (Wildman–Crippen MR) is 121 cm³/mol. The number of rotatable bonds is 6. The van der Waals surface area contributed by atoms with Gasteiger partial charge < -0.3 is 4.74 Å². The number of non-ortho nitro benzene ring substituents is 1. The summed E-state index contributed by atoms with van der Waals surface area (Å²) in [5, 5.41) is 15.8. The van der Waals surface area contributed by atoms with E-state index in [4.69, 9.17) is 39.5 Å². The van der Waals surface area contributed by atoms with Gasteiger partial charge in [0, 0.05) is 33.3 Å². The average molecular weight is 493 g/mol. The molecule has 8 nitrogen and oxygen atoms in total. The minimum atomic E-state index is -0.805. The van der Waals surface area contributed by atoms with E-state index in [-0.39, 0.29) is 27.6 Å². The standard InChI is InChI=1S/C21H12Cl3N3O5/c22-14-3-1-12(2-4-14)20(28)26-25-11-13-9-16(27(30)31)6-8-19(13)32-21(29)17-7-5-15(23)10-18(17)24/h1-11H,(H,26,28)/b25-11+. The topological polar surface area (TPSA) is 111 Å². The van der Waals surface area contributed by atoms with E-state index < -0.39 is 16.8 Å². The van der Waals surface area contributed by atoms with Crippen LogP contribution in [0, 0.1) is 10.1 Å². The lowest BCUT2D eigenvalue weighted by molar-refractivity contribution is -0.384. The normalized spacial score (nSPS) is 10.7. The number of nitro benzene ring substituents is 1. The Labute approximate surface area is 196 Å². The van der Waals surface area contributed by atoms with Gasteiger partial charge in [-0.2, -0.15) is 5.10 Å². The molecule has 1 N–H and O–H groups in total. The third-order valence-electron chi connectivity index (χ3n) is 4.03. The van der Waals surface area contributed by atoms with Crippen molar-refractivity contribution in [1.29, 1.82) is 0 Å². The van der Waals surface area contributed by atoms with Crippen LogP contribution in [0.15, 0.2) is 65.8 Å². The number of nitrogens with one attached hydrogen (secondary N) is 1. The molecule has 0 bridgehead atoms. The maximum absolute atomic E-state index is 12.5. The van der Waals surface area contributed by atoms with E-state index in [1.165, 1.54) is 36.4 Å². The van der Waals surface area contributed by atoms with Gasteiger partial charge in [0.2, 0.25) is 0 Å². The van der Waals surface area contributed by atoms with Crippen molar-refractivity contribution in [3.05, 3.63) is 103 Å². The quantitative estimate of drug-likeness (QED) is 0.160. The number of nitro groups is 1. The number of hydrogen-bond donors (Lipinski definition) is 1. The number of ether oxygens (including phenoxy) is 1. The van der Waals surface area contributed by atoms with Gasteiger partial charge in [0.1, 0.15) is 5.75 Å². The van der Waals surface area contributed by atoms with Gasteiger partial charge in [-0.05, 0) is 48.5 Å². The van der Waals surface area contributed by atoms with E-state index >= 15 is 0 Å². The van der Waals surface area contributed by atoms with Crippen molar-refractivity contribution in [3.63, 3.8) is 0 Å². The monoisotopic (exact) mass is 491 g/mol. The number of hydrogen-bond acceptors (Lipinski definition) is 6. The van der Waals surface area contributed by atoms with Crippen molar-refractivity contribution in [2.45, 2.75) is 0 Å². The highest BCUT2D eigenvalue weighted by atomic mass is 35.5. The van der Waals surface area contributed by atoms with Crippen LogP contribution in [-0.2, 0) is 0 Å². The molecule has 0 spiro atoms. The van der Waals surface area contributed by atoms with E-state index in [0.717, 1.165) is 18.3 Å². The Kier molecular flexibility index (Phi) is 7.42. The second kappa shape index (κ2) is 10.2. The highest BCUT2D eigenvalue weighted by molar-refractivity contribution is 6.36. The lowest BCUT2D eigenvalue weighted by Crippen LogP contribution is -2.17. The van der Waals surface area contributed by atoms with Gasteiger partial charge in [0.25, 0.3) is 11.6 Å². The number of halogens is 3. The van der Waals surface area contributed by atoms with Crippen LogP contribution in [0.25, 0.3) is 0 Å². The van der Waals surface area contributed by atoms with Gasteiger partial charge in [-0.25, -0.2) is 10.2 Å². The second-order valence-electron chi connectivity index (χ2n) is 6.20. The molecule has 0 fully saturated rings. The molecule has 0 aliphatic rings. The zero-order chi connectivity index (χ0) is 23.3. The first-order valence-electron chi connectivity index (χ1n) is 8.79. The Morgan fingerprint density at radius 1 is 0.969 bits per heavy atom. The van der Waals surface area contributed by atoms with Gasteiger partial charge in [0.05, 0.1) is 21.7 Å². The molecule has 0 heterocycles. The van der Waals surface area contributed by atoms with E-state index in [9.17, 15) is 19.7 Å². The number of nitrogens with zero attached hydrogens (tertiary/aromatic N) is 2. The molecule has 0 saturated heterocycles. The maximum Gasteiger partial charge on any atom is 0.345 e. The number of benzene rings is 3. The smallest absolute Gasteiger partial charge is 0.345 e. The molecule has 0 saturated carbocycles. The third kappa shape index (κ3) is 5.82. The molecule has 3 aromatic carbocycles. The van der Waals surface area contributed by atoms with Crippen LogP contribution in [0.1, 0.15) is 26.3 Å². The van der Waals surface area contributed by atoms with Crippen molar-refractivity contribution < 1.29 is 19.2 Å². The zero-order valence-corrected chi connectivity index (χ0v) is 18.2. The maximum atomic E-state index is 12.5. The summed E-state index contributed by atoms with van der Waals surface area (Å²) in [6, 6.07) is 13.9. The fraction of sp³-hybridized carbons (Fsp3) is 0. The molecule has 0 unspecified atom stereocenters. The predicted octanol–water partition coefficient (Wildman–Crippen LogP) is 5.54. The Hall–Kier alpha value is -3.46. The summed E-state index contributed by atoms with van der Waals surface area (Å²) in [4.78, 5) is 35.2. The van der Waals surface area contributed by atoms with Crippen molar-refractivity contribution >= 4 is 58.6 Å². The molecule has 3 aromatic rings. The summed E-state index contributed by atoms with van der Waals surface area (Å²) >= 11 is 17.6. The first-order chi connectivity index (χ1) is 15.2. The highest BCUT2D eigenvalue weighted by Gasteiger charge is 2.17. The minimum Gasteiger partial charge on any atom is -0.422 e. The molecular formula is C21H12Cl3N3O5. The van der Waals surface area contributed by atoms with Crippen LogP contribution >= 0.6 is 34.8 Å². The van der Waals surface area contributed by atoms with Gasteiger partial charge in [-0.1, -0.05) is 34.8 Å². The summed E-state index contributed by atoms with van der Waals surface area (Å²) in [6.45, 7) is 0. The second-order valence-corrected chi connectivity index (χ2v) is 7.48. The summed E-state index contributed by atoms with van der Waals surface area (Å²) in [7, 11) is 0. The molecule has 162 valence electrons. The number of carbonyl (C=O) groups is 2. The van der Waals surface area contributed by atoms with Crippen LogP contribution in [0.5, 0.6) is 5.75 Å². The summed E-state index contributed by atoms with van der Waals surface area (Å²) in [5.41, 5.74) is 2.45. The largest absolute Gasteiger partial charge is 0.422 e. The van der Waals surface area contributed by atoms with E-state index in [1.54, 1.807) is 12.1 Å². The first kappa shape index (κ1) is 23.2. The molecule has 0 atom stereocenters. The molecule has 3 rings (SSSR count). The van der Waals surface area contributed by atoms with Crippen molar-refractivity contribution in [1.82, 2.24) is 5.43 Å². The SMILES string of the molecule is O=C(N/N=C/c1cc([N+](=O)[O-])ccc1OC(=O)c1ccc(Cl)cc1Cl)c1ccc(Cl)cc1. The van der Waals surface area contributed by atoms with Gasteiger partial charge in [0.15, 0.2) is 0 Å². The lowest BCUT2D eigenvalue weighted by atomic mass is 10.2. The lowest BCUT2D eigenvalue weighted by Gasteiger charge is -2.09. The summed E-state index contributed by atoms with van der Waals surface area (Å²) in [5.74, 6) is -1.37. The minimum absolute atomic E-state index is 0.0314. The number of hydrazone groups is 1.